The number of thiocarbonyl (C=S) groups is 1. The van der Waals surface area contributed by atoms with E-state index in [1.54, 1.807) is 120 Å². The summed E-state index contributed by atoms with van der Waals surface area (Å²) in [5, 5.41) is 32.1. The number of hydrogen-bond acceptors (Lipinski definition) is 20. The Morgan fingerprint density at radius 2 is 0.759 bits per heavy atom. The Bertz CT molecular complexity index is 6650. The van der Waals surface area contributed by atoms with Crippen LogP contribution in [-0.4, -0.2) is 206 Å². The highest BCUT2D eigenvalue weighted by atomic mass is 35.5. The van der Waals surface area contributed by atoms with Gasteiger partial charge in [-0.2, -0.15) is 0 Å². The number of fused-ring (bicyclic) bond motifs is 5. The molecule has 0 saturated carbocycles. The molecule has 0 bridgehead atoms. The number of nitrogens with one attached hydrogen (secondary N) is 2. The Morgan fingerprint density at radius 1 is 0.429 bits per heavy atom. The monoisotopic (exact) mass is 1970 g/mol. The summed E-state index contributed by atoms with van der Waals surface area (Å²) in [4.78, 5) is 30.2. The highest BCUT2D eigenvalue weighted by Crippen LogP contribution is 2.41. The van der Waals surface area contributed by atoms with Crippen LogP contribution in [0.3, 0.4) is 0 Å². The minimum Gasteiger partial charge on any atom is -0.481 e. The molecule has 0 atom stereocenters. The normalized spacial score (nSPS) is 14.6. The summed E-state index contributed by atoms with van der Waals surface area (Å²) in [5.41, 5.74) is 7.97. The average molecular weight is 1970 g/mol. The Kier molecular flexibility index (Phi) is 29.7. The number of thioether (sulfide) groups is 1. The number of hydrogen-bond donors (Lipinski definition) is 2. The second-order valence-corrected chi connectivity index (χ2v) is 34.5. The fourth-order valence-corrected chi connectivity index (χ4v) is 18.3. The molecule has 692 valence electrons. The highest BCUT2D eigenvalue weighted by Gasteiger charge is 2.38. The first kappa shape index (κ1) is 94.5. The van der Waals surface area contributed by atoms with Crippen LogP contribution in [0, 0.1) is 29.1 Å². The van der Waals surface area contributed by atoms with Gasteiger partial charge in [-0.15, -0.1) is 32.8 Å². The van der Waals surface area contributed by atoms with Crippen LogP contribution in [0.2, 0.25) is 25.1 Å². The minimum atomic E-state index is -0.296. The molecule has 2 N–H and O–H groups in total. The summed E-state index contributed by atoms with van der Waals surface area (Å²) in [5.74, 6) is 3.62. The summed E-state index contributed by atoms with van der Waals surface area (Å²) >= 11 is 38.4. The number of rotatable bonds is 21. The molecule has 11 aromatic heterocycles. The average Bonchev–Trinajstić information content (AvgIpc) is 1.59. The van der Waals surface area contributed by atoms with Gasteiger partial charge in [0.1, 0.15) is 42.3 Å². The smallest absolute Gasteiger partial charge is 0.232 e. The number of benzene rings is 5. The number of nitrogens with zero attached hydrogens (tertiary/aromatic N) is 20. The van der Waals surface area contributed by atoms with Crippen molar-refractivity contribution in [3.8, 4) is 34.9 Å². The van der Waals surface area contributed by atoms with Crippen molar-refractivity contribution < 1.29 is 50.4 Å². The molecule has 0 aliphatic carbocycles. The summed E-state index contributed by atoms with van der Waals surface area (Å²) in [6, 6.07) is 39.6. The second-order valence-electron chi connectivity index (χ2n) is 31.3. The number of amidine groups is 1. The minimum absolute atomic E-state index is 0. The van der Waals surface area contributed by atoms with Gasteiger partial charge in [0.05, 0.1) is 159 Å². The topological polar surface area (TPSA) is 242 Å². The van der Waals surface area contributed by atoms with Crippen LogP contribution in [0.5, 0.6) is 23.5 Å². The van der Waals surface area contributed by atoms with Gasteiger partial charge in [0, 0.05) is 161 Å². The Balaban J connectivity index is 0.000000123. The number of halogens is 11. The van der Waals surface area contributed by atoms with Crippen LogP contribution in [0.25, 0.3) is 65.9 Å². The summed E-state index contributed by atoms with van der Waals surface area (Å²) in [7, 11) is 6.33. The SMILES string of the molecule is CCOCc1nnc(N2CC(n3cc(Cl)c4cc(F)ccc43)C2)n1-c1ccc(OC)nc1.CCOCc1nnc(N2CC(n3cc(Cl)c4cc(F)ccc43)C2)n1-c1ccc(OC)nc1.COc1ccc(N=C(SC)N2CC(n3cc(Cl)c4cc(F)ccc43)C2)cn1.COc1ccc(NC(=S)N2CC(n3cc(Cl)c4cc(F)ccc43)C2)cn1.Cl.Fc1ccc2c(c1)c(Cl)cn2C1CNC1. The van der Waals surface area contributed by atoms with Gasteiger partial charge in [0.2, 0.25) is 35.4 Å². The third-order valence-corrected chi connectivity index (χ3v) is 25.8. The quantitative estimate of drug-likeness (QED) is 0.0294. The lowest BCUT2D eigenvalue weighted by molar-refractivity contribution is 0.127. The van der Waals surface area contributed by atoms with Crippen LogP contribution >= 0.6 is 94.4 Å². The second kappa shape index (κ2) is 41.8. The van der Waals surface area contributed by atoms with Crippen LogP contribution in [-0.2, 0) is 22.7 Å². The molecule has 0 amide bonds. The first-order valence-electron chi connectivity index (χ1n) is 42.0. The zero-order valence-corrected chi connectivity index (χ0v) is 78.9. The molecule has 133 heavy (non-hydrogen) atoms. The van der Waals surface area contributed by atoms with E-state index in [9.17, 15) is 22.0 Å². The van der Waals surface area contributed by atoms with E-state index >= 15 is 0 Å². The van der Waals surface area contributed by atoms with Crippen molar-refractivity contribution in [1.82, 2.24) is 87.4 Å². The van der Waals surface area contributed by atoms with Crippen molar-refractivity contribution in [3.05, 3.63) is 261 Å². The molecular weight excluding hydrogens is 1880 g/mol. The molecule has 16 aromatic rings. The van der Waals surface area contributed by atoms with Gasteiger partial charge in [-0.1, -0.05) is 69.8 Å². The number of aliphatic imine (C=N–C) groups is 1. The molecular formula is C92H89Cl6F5N22O6S2. The van der Waals surface area contributed by atoms with Crippen molar-refractivity contribution in [1.29, 1.82) is 0 Å². The number of aromatic nitrogens is 15. The predicted octanol–water partition coefficient (Wildman–Crippen LogP) is 19.9. The third kappa shape index (κ3) is 20.4. The Labute approximate surface area is 801 Å². The van der Waals surface area contributed by atoms with Gasteiger partial charge < -0.3 is 81.5 Å². The van der Waals surface area contributed by atoms with Gasteiger partial charge in [-0.25, -0.2) is 46.9 Å². The number of methoxy groups -OCH3 is 4. The summed E-state index contributed by atoms with van der Waals surface area (Å²) in [6.45, 7) is 13.7. The molecule has 41 heteroatoms. The van der Waals surface area contributed by atoms with Crippen molar-refractivity contribution in [3.63, 3.8) is 0 Å². The molecule has 5 saturated heterocycles. The van der Waals surface area contributed by atoms with E-state index < -0.39 is 0 Å². The molecule has 5 fully saturated rings. The van der Waals surface area contributed by atoms with Gasteiger partial charge in [-0.05, 0) is 148 Å². The fourth-order valence-electron chi connectivity index (χ4n) is 16.2. The molecule has 0 unspecified atom stereocenters. The lowest BCUT2D eigenvalue weighted by Crippen LogP contribution is -2.52. The van der Waals surface area contributed by atoms with Crippen molar-refractivity contribution in [2.24, 2.45) is 4.99 Å². The zero-order chi connectivity index (χ0) is 92.1. The molecule has 16 heterocycles. The van der Waals surface area contributed by atoms with Crippen molar-refractivity contribution >= 4 is 182 Å². The third-order valence-electron chi connectivity index (χ3n) is 23.2. The highest BCUT2D eigenvalue weighted by molar-refractivity contribution is 8.13. The standard InChI is InChI=1S/2C22H22ClFN6O2.C19H18ClFN4OS.C18H16ClFN4OS.C11H10ClFN2.ClH/c2*1-3-32-13-20-26-27-22(30(20)15-5-7-21(31-2)25-9-15)28-10-16(11-28)29-12-18(23)17-8-14(24)4-6-19(17)29;1-26-18-6-4-13(8-22-18)23-19(27-2)24-9-14(10-24)25-11-16(20)15-7-12(21)3-5-17(15)25;1-25-17-5-3-12(7-21-17)22-18(26)23-8-13(9-23)24-10-15(19)14-6-11(20)2-4-16(14)24;12-10-6-15(8-4-14-5-8)11-2-1-7(13)3-9(10)11;/h2*4-9,12,16H,3,10-11,13H2,1-2H3;3-8,11,14H,9-10H2,1-2H3;2-7,10,13H,8-9H2,1H3,(H,22,26);1-3,6,8,14H,4-5H2;1H. The lowest BCUT2D eigenvalue weighted by atomic mass is 10.1. The summed E-state index contributed by atoms with van der Waals surface area (Å²) < 4.78 is 113. The first-order chi connectivity index (χ1) is 64.1. The Morgan fingerprint density at radius 3 is 1.06 bits per heavy atom. The largest absolute Gasteiger partial charge is 0.481 e. The van der Waals surface area contributed by atoms with E-state index in [1.165, 1.54) is 60.7 Å². The van der Waals surface area contributed by atoms with Crippen LogP contribution in [0.15, 0.2) is 200 Å². The molecule has 21 rings (SSSR count). The summed E-state index contributed by atoms with van der Waals surface area (Å²) in [6.07, 6.45) is 18.2. The van der Waals surface area contributed by atoms with Gasteiger partial charge in [0.15, 0.2) is 21.9 Å². The number of pyridine rings is 4. The van der Waals surface area contributed by atoms with Gasteiger partial charge >= 0.3 is 0 Å². The van der Waals surface area contributed by atoms with Gasteiger partial charge in [-0.3, -0.25) is 9.13 Å². The van der Waals surface area contributed by atoms with E-state index in [0.29, 0.717) is 124 Å². The predicted molar refractivity (Wildman–Crippen MR) is 518 cm³/mol. The van der Waals surface area contributed by atoms with Gasteiger partial charge in [0.25, 0.3) is 0 Å². The molecule has 5 aliphatic rings. The lowest BCUT2D eigenvalue weighted by Gasteiger charge is -2.42. The van der Waals surface area contributed by atoms with Crippen LogP contribution in [0.1, 0.15) is 55.7 Å². The first-order valence-corrected chi connectivity index (χ1v) is 45.6. The maximum Gasteiger partial charge on any atom is 0.232 e. The van der Waals surface area contributed by atoms with E-state index in [2.05, 4.69) is 98.4 Å². The van der Waals surface area contributed by atoms with Crippen LogP contribution < -0.4 is 39.4 Å². The molecule has 0 spiro atoms. The zero-order valence-electron chi connectivity index (χ0n) is 72.7. The molecule has 5 aromatic carbocycles. The molecule has 0 radical (unpaired) electrons. The number of anilines is 3. The maximum atomic E-state index is 13.6. The van der Waals surface area contributed by atoms with Crippen molar-refractivity contribution in [2.45, 2.75) is 57.3 Å². The van der Waals surface area contributed by atoms with Crippen LogP contribution in [0.4, 0.5) is 45.2 Å². The van der Waals surface area contributed by atoms with E-state index in [1.807, 2.05) is 84.5 Å². The number of likely N-dealkylation sites (tertiary alicyclic amines) is 2. The van der Waals surface area contributed by atoms with E-state index in [-0.39, 0.29) is 65.7 Å². The van der Waals surface area contributed by atoms with E-state index in [0.717, 1.165) is 134 Å². The molecule has 28 nitrogen and oxygen atoms in total. The van der Waals surface area contributed by atoms with E-state index in [4.69, 9.17) is 98.6 Å². The Hall–Kier alpha value is -11.7. The van der Waals surface area contributed by atoms with Crippen molar-refractivity contribution in [2.75, 3.05) is 128 Å². The fraction of sp³-hybridized carbons (Fsp3) is 0.283. The number of ether oxygens (including phenoxy) is 6. The molecule has 5 aliphatic heterocycles. The maximum absolute atomic E-state index is 13.6.